The van der Waals surface area contributed by atoms with Crippen LogP contribution in [-0.2, 0) is 0 Å². The van der Waals surface area contributed by atoms with Crippen LogP contribution in [0.1, 0.15) is 15.2 Å². The van der Waals surface area contributed by atoms with E-state index in [1.807, 2.05) is 35.2 Å². The molecule has 0 atom stereocenters. The van der Waals surface area contributed by atoms with Gasteiger partial charge in [-0.3, -0.25) is 4.79 Å². The number of ketones is 1. The third-order valence-corrected chi connectivity index (χ3v) is 5.24. The lowest BCUT2D eigenvalue weighted by atomic mass is 10.1. The quantitative estimate of drug-likeness (QED) is 0.364. The lowest BCUT2D eigenvalue weighted by Gasteiger charge is -1.97. The summed E-state index contributed by atoms with van der Waals surface area (Å²) in [5.41, 5.74) is 1.13. The van der Waals surface area contributed by atoms with E-state index < -0.39 is 0 Å². The lowest BCUT2D eigenvalue weighted by molar-refractivity contribution is 0.104. The molecule has 0 saturated heterocycles. The summed E-state index contributed by atoms with van der Waals surface area (Å²) in [6.07, 6.45) is 3.65. The summed E-state index contributed by atoms with van der Waals surface area (Å²) in [6, 6.07) is 7.47. The van der Waals surface area contributed by atoms with Gasteiger partial charge in [-0.05, 0) is 35.2 Å². The Hall–Kier alpha value is -1.35. The molecule has 0 unspecified atom stereocenters. The van der Waals surface area contributed by atoms with Crippen molar-refractivity contribution in [1.29, 1.82) is 5.26 Å². The normalized spacial score (nSPS) is 11.2. The maximum absolute atomic E-state index is 12.1. The molecule has 2 nitrogen and oxygen atoms in total. The molecule has 0 aromatic carbocycles. The third kappa shape index (κ3) is 2.72. The van der Waals surface area contributed by atoms with E-state index in [9.17, 15) is 4.79 Å². The number of Topliss-reactive ketones (excluding diaryl/α,β-unsaturated/α-hetero) is 1. The number of hydrogen-bond acceptors (Lipinski definition) is 5. The average molecular weight is 291 g/mol. The van der Waals surface area contributed by atoms with E-state index in [0.29, 0.717) is 4.88 Å². The van der Waals surface area contributed by atoms with Gasteiger partial charge < -0.3 is 0 Å². The first kappa shape index (κ1) is 13.1. The summed E-state index contributed by atoms with van der Waals surface area (Å²) >= 11 is 4.58. The molecule has 5 heteroatoms. The standard InChI is InChI=1S/C13H9NOS3/c1-16-13-9(4-6-18-13)7-10(8-14)12(15)11-3-2-5-17-11/h2-7H,1H3/b10-7+. The predicted octanol–water partition coefficient (Wildman–Crippen LogP) is 4.32. The highest BCUT2D eigenvalue weighted by Crippen LogP contribution is 2.29. The molecule has 2 aromatic rings. The fourth-order valence-corrected chi connectivity index (χ4v) is 3.62. The molecule has 0 fully saturated rings. The Morgan fingerprint density at radius 3 is 2.83 bits per heavy atom. The molecule has 18 heavy (non-hydrogen) atoms. The number of thioether (sulfide) groups is 1. The SMILES string of the molecule is CSc1sccc1/C=C(\C#N)C(=O)c1cccs1. The van der Waals surface area contributed by atoms with Gasteiger partial charge in [0.1, 0.15) is 11.6 Å². The van der Waals surface area contributed by atoms with Crippen molar-refractivity contribution in [1.82, 2.24) is 0 Å². The zero-order valence-electron chi connectivity index (χ0n) is 9.54. The maximum atomic E-state index is 12.1. The highest BCUT2D eigenvalue weighted by molar-refractivity contribution is 8.00. The Labute approximate surface area is 118 Å². The molecule has 0 amide bonds. The van der Waals surface area contributed by atoms with E-state index >= 15 is 0 Å². The van der Waals surface area contributed by atoms with Gasteiger partial charge in [0.2, 0.25) is 5.78 Å². The van der Waals surface area contributed by atoms with Crippen molar-refractivity contribution < 1.29 is 4.79 Å². The Kier molecular flexibility index (Phi) is 4.37. The van der Waals surface area contributed by atoms with Crippen molar-refractivity contribution in [3.8, 4) is 6.07 Å². The summed E-state index contributed by atoms with van der Waals surface area (Å²) in [7, 11) is 0. The van der Waals surface area contributed by atoms with Crippen LogP contribution >= 0.6 is 34.4 Å². The first-order valence-corrected chi connectivity index (χ1v) is 8.06. The number of nitriles is 1. The van der Waals surface area contributed by atoms with Gasteiger partial charge in [-0.25, -0.2) is 0 Å². The minimum atomic E-state index is -0.203. The van der Waals surface area contributed by atoms with E-state index in [0.717, 1.165) is 9.77 Å². The molecule has 0 radical (unpaired) electrons. The number of rotatable bonds is 4. The molecular weight excluding hydrogens is 282 g/mol. The molecule has 0 aliphatic carbocycles. The fourth-order valence-electron chi connectivity index (χ4n) is 1.42. The second kappa shape index (κ2) is 6.01. The highest BCUT2D eigenvalue weighted by atomic mass is 32.2. The summed E-state index contributed by atoms with van der Waals surface area (Å²) in [4.78, 5) is 12.7. The third-order valence-electron chi connectivity index (χ3n) is 2.25. The topological polar surface area (TPSA) is 40.9 Å². The van der Waals surface area contributed by atoms with Crippen LogP contribution in [0.25, 0.3) is 6.08 Å². The van der Waals surface area contributed by atoms with E-state index in [1.165, 1.54) is 11.3 Å². The highest BCUT2D eigenvalue weighted by Gasteiger charge is 2.13. The van der Waals surface area contributed by atoms with E-state index in [2.05, 4.69) is 0 Å². The van der Waals surface area contributed by atoms with Crippen LogP contribution in [0, 0.1) is 11.3 Å². The number of carbonyl (C=O) groups excluding carboxylic acids is 1. The average Bonchev–Trinajstić information content (AvgIpc) is 3.05. The Balaban J connectivity index is 2.35. The first-order valence-electron chi connectivity index (χ1n) is 5.07. The van der Waals surface area contributed by atoms with Crippen molar-refractivity contribution in [2.24, 2.45) is 0 Å². The van der Waals surface area contributed by atoms with Gasteiger partial charge in [0.05, 0.1) is 9.09 Å². The summed E-state index contributed by atoms with van der Waals surface area (Å²) < 4.78 is 1.11. The molecule has 2 heterocycles. The van der Waals surface area contributed by atoms with Crippen molar-refractivity contribution in [3.05, 3.63) is 45.0 Å². The Bertz CT molecular complexity index is 617. The van der Waals surface area contributed by atoms with Crippen LogP contribution < -0.4 is 0 Å². The molecule has 90 valence electrons. The van der Waals surface area contributed by atoms with E-state index in [4.69, 9.17) is 5.26 Å². The van der Waals surface area contributed by atoms with Crippen LogP contribution in [-0.4, -0.2) is 12.0 Å². The van der Waals surface area contributed by atoms with Gasteiger partial charge in [0.15, 0.2) is 0 Å². The molecule has 2 rings (SSSR count). The van der Waals surface area contributed by atoms with Crippen LogP contribution in [0.4, 0.5) is 0 Å². The second-order valence-corrected chi connectivity index (χ2v) is 6.28. The summed E-state index contributed by atoms with van der Waals surface area (Å²) in [6.45, 7) is 0. The van der Waals surface area contributed by atoms with Crippen LogP contribution in [0.2, 0.25) is 0 Å². The van der Waals surface area contributed by atoms with Gasteiger partial charge in [0, 0.05) is 5.56 Å². The van der Waals surface area contributed by atoms with Gasteiger partial charge in [-0.2, -0.15) is 5.26 Å². The molecule has 0 bridgehead atoms. The molecular formula is C13H9NOS3. The van der Waals surface area contributed by atoms with Gasteiger partial charge in [-0.1, -0.05) is 6.07 Å². The second-order valence-electron chi connectivity index (χ2n) is 3.34. The summed E-state index contributed by atoms with van der Waals surface area (Å²) in [5, 5.41) is 12.9. The van der Waals surface area contributed by atoms with E-state index in [-0.39, 0.29) is 11.4 Å². The van der Waals surface area contributed by atoms with Crippen molar-refractivity contribution in [2.45, 2.75) is 4.21 Å². The van der Waals surface area contributed by atoms with Gasteiger partial charge in [-0.15, -0.1) is 34.4 Å². The van der Waals surface area contributed by atoms with Gasteiger partial charge in [0.25, 0.3) is 0 Å². The van der Waals surface area contributed by atoms with Crippen LogP contribution in [0.15, 0.2) is 38.7 Å². The van der Waals surface area contributed by atoms with Crippen LogP contribution in [0.5, 0.6) is 0 Å². The maximum Gasteiger partial charge on any atom is 0.213 e. The van der Waals surface area contributed by atoms with Gasteiger partial charge >= 0.3 is 0 Å². The van der Waals surface area contributed by atoms with Crippen molar-refractivity contribution in [3.63, 3.8) is 0 Å². The number of nitrogens with zero attached hydrogens (tertiary/aromatic N) is 1. The van der Waals surface area contributed by atoms with Crippen LogP contribution in [0.3, 0.4) is 0 Å². The number of thiophene rings is 2. The molecule has 0 spiro atoms. The lowest BCUT2D eigenvalue weighted by Crippen LogP contribution is -1.98. The summed E-state index contributed by atoms with van der Waals surface area (Å²) in [5.74, 6) is -0.203. The van der Waals surface area contributed by atoms with Crippen molar-refractivity contribution >= 4 is 46.3 Å². The minimum absolute atomic E-state index is 0.186. The predicted molar refractivity (Wildman–Crippen MR) is 78.3 cm³/mol. The monoisotopic (exact) mass is 291 g/mol. The first-order chi connectivity index (χ1) is 8.76. The Morgan fingerprint density at radius 1 is 1.39 bits per heavy atom. The molecule has 0 N–H and O–H groups in total. The fraction of sp³-hybridized carbons (Fsp3) is 0.0769. The number of allylic oxidation sites excluding steroid dienone is 1. The molecule has 0 saturated carbocycles. The minimum Gasteiger partial charge on any atom is -0.287 e. The Morgan fingerprint density at radius 2 is 2.22 bits per heavy atom. The number of hydrogen-bond donors (Lipinski definition) is 0. The smallest absolute Gasteiger partial charge is 0.213 e. The zero-order chi connectivity index (χ0) is 13.0. The largest absolute Gasteiger partial charge is 0.287 e. The zero-order valence-corrected chi connectivity index (χ0v) is 12.0. The molecule has 0 aliphatic rings. The van der Waals surface area contributed by atoms with Crippen molar-refractivity contribution in [2.75, 3.05) is 6.26 Å². The molecule has 2 aromatic heterocycles. The molecule has 0 aliphatic heterocycles. The number of carbonyl (C=O) groups is 1. The van der Waals surface area contributed by atoms with E-state index in [1.54, 1.807) is 35.2 Å².